The van der Waals surface area contributed by atoms with Crippen molar-refractivity contribution in [1.82, 2.24) is 14.3 Å². The van der Waals surface area contributed by atoms with Gasteiger partial charge in [0.1, 0.15) is 18.0 Å². The van der Waals surface area contributed by atoms with E-state index in [0.29, 0.717) is 25.9 Å². The van der Waals surface area contributed by atoms with Crippen LogP contribution in [0.2, 0.25) is 0 Å². The van der Waals surface area contributed by atoms with Gasteiger partial charge in [0.05, 0.1) is 10.6 Å². The third-order valence-corrected chi connectivity index (χ3v) is 5.97. The van der Waals surface area contributed by atoms with E-state index in [0.717, 1.165) is 23.1 Å². The number of benzene rings is 1. The molecule has 0 radical (unpaired) electrons. The molecule has 0 unspecified atom stereocenters. The second-order valence-corrected chi connectivity index (χ2v) is 7.82. The minimum atomic E-state index is -3.73. The number of nitrogens with zero attached hydrogens (tertiary/aromatic N) is 4. The van der Waals surface area contributed by atoms with Gasteiger partial charge in [-0.05, 0) is 24.6 Å². The molecule has 0 saturated carbocycles. The monoisotopic (exact) mass is 350 g/mol. The van der Waals surface area contributed by atoms with Crippen molar-refractivity contribution in [3.8, 4) is 0 Å². The standard InChI is InChI=1S/C16H19FN4O2S/c1-20(2)16-14-6-8-21(9-7-15(14)18-11-19-16)24(22,23)13-5-3-4-12(17)10-13/h3-5,10-11H,6-9H2,1-2H3. The molecule has 0 amide bonds. The number of fused-ring (bicyclic) bond motifs is 1. The summed E-state index contributed by atoms with van der Waals surface area (Å²) < 4.78 is 40.3. The van der Waals surface area contributed by atoms with Crippen LogP contribution in [-0.2, 0) is 22.9 Å². The second kappa shape index (κ2) is 6.45. The molecule has 128 valence electrons. The van der Waals surface area contributed by atoms with Crippen molar-refractivity contribution in [2.45, 2.75) is 17.7 Å². The molecule has 0 fully saturated rings. The lowest BCUT2D eigenvalue weighted by Crippen LogP contribution is -2.33. The molecule has 0 bridgehead atoms. The van der Waals surface area contributed by atoms with Crippen molar-refractivity contribution < 1.29 is 12.8 Å². The van der Waals surface area contributed by atoms with Crippen LogP contribution in [0.25, 0.3) is 0 Å². The van der Waals surface area contributed by atoms with Crippen LogP contribution in [-0.4, -0.2) is 49.9 Å². The average molecular weight is 350 g/mol. The second-order valence-electron chi connectivity index (χ2n) is 5.88. The first kappa shape index (κ1) is 16.8. The van der Waals surface area contributed by atoms with Gasteiger partial charge in [0, 0.05) is 39.2 Å². The fraction of sp³-hybridized carbons (Fsp3) is 0.375. The molecule has 1 aliphatic rings. The first-order chi connectivity index (χ1) is 11.4. The Labute approximate surface area is 141 Å². The van der Waals surface area contributed by atoms with Crippen molar-refractivity contribution >= 4 is 15.8 Å². The highest BCUT2D eigenvalue weighted by Gasteiger charge is 2.28. The summed E-state index contributed by atoms with van der Waals surface area (Å²) in [5.41, 5.74) is 1.84. The Balaban J connectivity index is 1.91. The highest BCUT2D eigenvalue weighted by Crippen LogP contribution is 2.25. The predicted octanol–water partition coefficient (Wildman–Crippen LogP) is 1.47. The van der Waals surface area contributed by atoms with Crippen molar-refractivity contribution in [3.63, 3.8) is 0 Å². The van der Waals surface area contributed by atoms with E-state index in [-0.39, 0.29) is 4.90 Å². The quantitative estimate of drug-likeness (QED) is 0.839. The number of rotatable bonds is 3. The van der Waals surface area contributed by atoms with Crippen molar-refractivity contribution in [1.29, 1.82) is 0 Å². The fourth-order valence-electron chi connectivity index (χ4n) is 2.89. The molecule has 6 nitrogen and oxygen atoms in total. The lowest BCUT2D eigenvalue weighted by molar-refractivity contribution is 0.425. The van der Waals surface area contributed by atoms with E-state index < -0.39 is 15.8 Å². The number of hydrogen-bond donors (Lipinski definition) is 0. The molecule has 1 aliphatic heterocycles. The SMILES string of the molecule is CN(C)c1ncnc2c1CCN(S(=O)(=O)c1cccc(F)c1)CC2. The van der Waals surface area contributed by atoms with Crippen LogP contribution in [0.1, 0.15) is 11.3 Å². The maximum atomic E-state index is 13.4. The van der Waals surface area contributed by atoms with E-state index in [1.54, 1.807) is 0 Å². The van der Waals surface area contributed by atoms with E-state index in [2.05, 4.69) is 9.97 Å². The van der Waals surface area contributed by atoms with Crippen LogP contribution < -0.4 is 4.90 Å². The smallest absolute Gasteiger partial charge is 0.243 e. The summed E-state index contributed by atoms with van der Waals surface area (Å²) in [4.78, 5) is 10.5. The third-order valence-electron chi connectivity index (χ3n) is 4.08. The van der Waals surface area contributed by atoms with Crippen molar-refractivity contribution in [2.75, 3.05) is 32.1 Å². The molecule has 0 atom stereocenters. The minimum Gasteiger partial charge on any atom is -0.362 e. The lowest BCUT2D eigenvalue weighted by Gasteiger charge is -2.20. The molecule has 0 saturated heterocycles. The fourth-order valence-corrected chi connectivity index (χ4v) is 4.36. The molecule has 0 aliphatic carbocycles. The summed E-state index contributed by atoms with van der Waals surface area (Å²) in [5, 5.41) is 0. The Kier molecular flexibility index (Phi) is 4.51. The molecule has 3 rings (SSSR count). The maximum Gasteiger partial charge on any atom is 0.243 e. The Morgan fingerprint density at radius 3 is 2.62 bits per heavy atom. The van der Waals surface area contributed by atoms with Gasteiger partial charge in [-0.1, -0.05) is 6.07 Å². The predicted molar refractivity (Wildman–Crippen MR) is 88.9 cm³/mol. The molecule has 1 aromatic carbocycles. The van der Waals surface area contributed by atoms with Gasteiger partial charge in [-0.3, -0.25) is 0 Å². The van der Waals surface area contributed by atoms with Gasteiger partial charge >= 0.3 is 0 Å². The number of aromatic nitrogens is 2. The van der Waals surface area contributed by atoms with Gasteiger partial charge in [0.2, 0.25) is 10.0 Å². The molecule has 2 aromatic rings. The summed E-state index contributed by atoms with van der Waals surface area (Å²) in [6.45, 7) is 0.635. The minimum absolute atomic E-state index is 0.0210. The highest BCUT2D eigenvalue weighted by molar-refractivity contribution is 7.89. The zero-order chi connectivity index (χ0) is 17.3. The van der Waals surface area contributed by atoms with Crippen LogP contribution in [0.15, 0.2) is 35.5 Å². The number of sulfonamides is 1. The molecule has 0 N–H and O–H groups in total. The van der Waals surface area contributed by atoms with E-state index in [4.69, 9.17) is 0 Å². The summed E-state index contributed by atoms with van der Waals surface area (Å²) in [7, 11) is 0.0680. The number of halogens is 1. The topological polar surface area (TPSA) is 66.4 Å². The van der Waals surface area contributed by atoms with Crippen LogP contribution in [0.4, 0.5) is 10.2 Å². The summed E-state index contributed by atoms with van der Waals surface area (Å²) >= 11 is 0. The highest BCUT2D eigenvalue weighted by atomic mass is 32.2. The van der Waals surface area contributed by atoms with Crippen LogP contribution in [0.5, 0.6) is 0 Å². The Hall–Kier alpha value is -2.06. The Morgan fingerprint density at radius 2 is 1.92 bits per heavy atom. The number of hydrogen-bond acceptors (Lipinski definition) is 5. The molecule has 24 heavy (non-hydrogen) atoms. The van der Waals surface area contributed by atoms with Gasteiger partial charge in [-0.25, -0.2) is 22.8 Å². The molecule has 1 aromatic heterocycles. The molecular weight excluding hydrogens is 331 g/mol. The molecular formula is C16H19FN4O2S. The summed E-state index contributed by atoms with van der Waals surface area (Å²) in [6, 6.07) is 5.11. The van der Waals surface area contributed by atoms with E-state index >= 15 is 0 Å². The van der Waals surface area contributed by atoms with Gasteiger partial charge < -0.3 is 4.90 Å². The van der Waals surface area contributed by atoms with E-state index in [1.807, 2.05) is 19.0 Å². The largest absolute Gasteiger partial charge is 0.362 e. The third kappa shape index (κ3) is 3.11. The lowest BCUT2D eigenvalue weighted by atomic mass is 10.1. The zero-order valence-electron chi connectivity index (χ0n) is 13.6. The average Bonchev–Trinajstić information content (AvgIpc) is 2.77. The van der Waals surface area contributed by atoms with Crippen molar-refractivity contribution in [3.05, 3.63) is 47.7 Å². The van der Waals surface area contributed by atoms with Crippen LogP contribution in [0.3, 0.4) is 0 Å². The van der Waals surface area contributed by atoms with E-state index in [9.17, 15) is 12.8 Å². The summed E-state index contributed by atoms with van der Waals surface area (Å²) in [5.74, 6) is 0.250. The first-order valence-corrected chi connectivity index (χ1v) is 9.09. The zero-order valence-corrected chi connectivity index (χ0v) is 14.4. The molecule has 8 heteroatoms. The van der Waals surface area contributed by atoms with Gasteiger partial charge in [-0.2, -0.15) is 4.31 Å². The first-order valence-electron chi connectivity index (χ1n) is 7.65. The van der Waals surface area contributed by atoms with Crippen LogP contribution >= 0.6 is 0 Å². The van der Waals surface area contributed by atoms with Gasteiger partial charge in [0.15, 0.2) is 0 Å². The molecule has 2 heterocycles. The van der Waals surface area contributed by atoms with Crippen LogP contribution in [0, 0.1) is 5.82 Å². The Bertz CT molecular complexity index is 855. The van der Waals surface area contributed by atoms with Crippen molar-refractivity contribution in [2.24, 2.45) is 0 Å². The molecule has 0 spiro atoms. The Morgan fingerprint density at radius 1 is 1.17 bits per heavy atom. The number of anilines is 1. The van der Waals surface area contributed by atoms with E-state index in [1.165, 1.54) is 28.8 Å². The normalized spacial score (nSPS) is 15.6. The van der Waals surface area contributed by atoms with Gasteiger partial charge in [-0.15, -0.1) is 0 Å². The summed E-state index contributed by atoms with van der Waals surface area (Å²) in [6.07, 6.45) is 2.54. The maximum absolute atomic E-state index is 13.4. The van der Waals surface area contributed by atoms with Gasteiger partial charge in [0.25, 0.3) is 0 Å².